The van der Waals surface area contributed by atoms with Gasteiger partial charge in [0.05, 0.1) is 12.2 Å². The Bertz CT molecular complexity index is 1150. The van der Waals surface area contributed by atoms with Crippen molar-refractivity contribution >= 4 is 29.4 Å². The molecule has 0 atom stereocenters. The number of pyridine rings is 2. The molecule has 4 rings (SSSR count). The van der Waals surface area contributed by atoms with Crippen molar-refractivity contribution in [3.63, 3.8) is 0 Å². The molecule has 0 fully saturated rings. The standard InChI is InChI=1S/C24H24ClN5O/c1-15-9-23(26)29-16(2)22(15)12-28-24(31)18-5-7-27-21(11-18)14-30-8-6-17-10-20(25)4-3-19(17)13-30/h3-11H,12-14H2,1-2H3,(H2,26,29)(H,28,31). The molecule has 7 heteroatoms. The summed E-state index contributed by atoms with van der Waals surface area (Å²) in [6.07, 6.45) is 5.76. The monoisotopic (exact) mass is 433 g/mol. The van der Waals surface area contributed by atoms with Gasteiger partial charge < -0.3 is 16.0 Å². The minimum absolute atomic E-state index is 0.145. The molecule has 1 amide bonds. The molecule has 3 N–H and O–H groups in total. The number of aromatic nitrogens is 2. The Morgan fingerprint density at radius 1 is 1.23 bits per heavy atom. The number of carbonyl (C=O) groups is 1. The Kier molecular flexibility index (Phi) is 5.91. The molecule has 1 aromatic carbocycles. The van der Waals surface area contributed by atoms with Gasteiger partial charge >= 0.3 is 0 Å². The van der Waals surface area contributed by atoms with Crippen molar-refractivity contribution in [3.8, 4) is 0 Å². The number of fused-ring (bicyclic) bond motifs is 1. The molecule has 1 aliphatic heterocycles. The van der Waals surface area contributed by atoms with Crippen LogP contribution in [-0.2, 0) is 19.6 Å². The number of rotatable bonds is 5. The van der Waals surface area contributed by atoms with Crippen molar-refractivity contribution in [1.29, 1.82) is 0 Å². The van der Waals surface area contributed by atoms with Crippen LogP contribution >= 0.6 is 11.6 Å². The predicted molar refractivity (Wildman–Crippen MR) is 123 cm³/mol. The van der Waals surface area contributed by atoms with Gasteiger partial charge in [-0.2, -0.15) is 0 Å². The molecule has 0 bridgehead atoms. The van der Waals surface area contributed by atoms with E-state index in [2.05, 4.69) is 20.2 Å². The van der Waals surface area contributed by atoms with E-state index in [0.717, 1.165) is 39.6 Å². The number of carbonyl (C=O) groups excluding carboxylic acids is 1. The highest BCUT2D eigenvalue weighted by Crippen LogP contribution is 2.24. The van der Waals surface area contributed by atoms with Gasteiger partial charge in [-0.15, -0.1) is 0 Å². The summed E-state index contributed by atoms with van der Waals surface area (Å²) >= 11 is 6.07. The van der Waals surface area contributed by atoms with Crippen LogP contribution < -0.4 is 11.1 Å². The number of anilines is 1. The van der Waals surface area contributed by atoms with E-state index in [1.165, 1.54) is 5.56 Å². The first-order valence-electron chi connectivity index (χ1n) is 10.1. The molecular formula is C24H24ClN5O. The van der Waals surface area contributed by atoms with Crippen LogP contribution in [0.4, 0.5) is 5.82 Å². The fourth-order valence-electron chi connectivity index (χ4n) is 3.77. The number of nitrogens with zero attached hydrogens (tertiary/aromatic N) is 3. The number of nitrogens with one attached hydrogen (secondary N) is 1. The quantitative estimate of drug-likeness (QED) is 0.628. The average Bonchev–Trinajstić information content (AvgIpc) is 2.73. The van der Waals surface area contributed by atoms with Gasteiger partial charge in [-0.25, -0.2) is 4.98 Å². The number of hydrogen-bond acceptors (Lipinski definition) is 5. The van der Waals surface area contributed by atoms with Crippen LogP contribution in [0.25, 0.3) is 6.08 Å². The van der Waals surface area contributed by atoms with Crippen molar-refractivity contribution in [3.05, 3.63) is 93.0 Å². The van der Waals surface area contributed by atoms with Crippen LogP contribution in [0.5, 0.6) is 0 Å². The molecule has 3 heterocycles. The number of nitrogens with two attached hydrogens (primary N) is 1. The predicted octanol–water partition coefficient (Wildman–Crippen LogP) is 4.25. The molecule has 6 nitrogen and oxygen atoms in total. The highest BCUT2D eigenvalue weighted by atomic mass is 35.5. The number of amides is 1. The largest absolute Gasteiger partial charge is 0.384 e. The minimum Gasteiger partial charge on any atom is -0.384 e. The highest BCUT2D eigenvalue weighted by Gasteiger charge is 2.14. The zero-order valence-electron chi connectivity index (χ0n) is 17.5. The van der Waals surface area contributed by atoms with Crippen molar-refractivity contribution in [1.82, 2.24) is 20.2 Å². The molecule has 158 valence electrons. The van der Waals surface area contributed by atoms with Gasteiger partial charge in [0.2, 0.25) is 0 Å². The second kappa shape index (κ2) is 8.78. The smallest absolute Gasteiger partial charge is 0.251 e. The first-order valence-corrected chi connectivity index (χ1v) is 10.4. The van der Waals surface area contributed by atoms with Gasteiger partial charge in [-0.3, -0.25) is 9.78 Å². The lowest BCUT2D eigenvalue weighted by molar-refractivity contribution is 0.0950. The zero-order chi connectivity index (χ0) is 22.0. The first-order chi connectivity index (χ1) is 14.9. The Morgan fingerprint density at radius 2 is 2.06 bits per heavy atom. The summed E-state index contributed by atoms with van der Waals surface area (Å²) in [5, 5.41) is 3.71. The third-order valence-corrected chi connectivity index (χ3v) is 5.62. The summed E-state index contributed by atoms with van der Waals surface area (Å²) in [6.45, 7) is 5.64. The van der Waals surface area contributed by atoms with Crippen molar-refractivity contribution in [2.75, 3.05) is 5.73 Å². The molecule has 0 radical (unpaired) electrons. The third-order valence-electron chi connectivity index (χ3n) is 5.39. The first kappa shape index (κ1) is 20.9. The van der Waals surface area contributed by atoms with Crippen LogP contribution in [-0.4, -0.2) is 20.8 Å². The Balaban J connectivity index is 1.42. The number of hydrogen-bond donors (Lipinski definition) is 2. The number of halogens is 1. The number of aryl methyl sites for hydroxylation is 2. The molecule has 0 saturated carbocycles. The molecule has 0 spiro atoms. The Hall–Kier alpha value is -3.38. The maximum absolute atomic E-state index is 12.7. The molecule has 2 aromatic heterocycles. The van der Waals surface area contributed by atoms with E-state index in [1.54, 1.807) is 12.3 Å². The van der Waals surface area contributed by atoms with Crippen molar-refractivity contribution in [2.45, 2.75) is 33.5 Å². The lowest BCUT2D eigenvalue weighted by Gasteiger charge is -2.25. The SMILES string of the molecule is Cc1cc(N)nc(C)c1CNC(=O)c1ccnc(CN2C=Cc3cc(Cl)ccc3C2)c1. The summed E-state index contributed by atoms with van der Waals surface area (Å²) in [6, 6.07) is 11.3. The third kappa shape index (κ3) is 4.86. The van der Waals surface area contributed by atoms with Gasteiger partial charge in [0.1, 0.15) is 5.82 Å². The normalized spacial score (nSPS) is 12.5. The van der Waals surface area contributed by atoms with Gasteiger partial charge in [-0.1, -0.05) is 17.7 Å². The summed E-state index contributed by atoms with van der Waals surface area (Å²) in [7, 11) is 0. The maximum atomic E-state index is 12.7. The van der Waals surface area contributed by atoms with E-state index in [-0.39, 0.29) is 5.91 Å². The molecule has 3 aromatic rings. The zero-order valence-corrected chi connectivity index (χ0v) is 18.3. The fourth-order valence-corrected chi connectivity index (χ4v) is 3.95. The Labute approximate surface area is 186 Å². The molecule has 31 heavy (non-hydrogen) atoms. The van der Waals surface area contributed by atoms with Crippen LogP contribution in [0.15, 0.2) is 48.8 Å². The van der Waals surface area contributed by atoms with Crippen LogP contribution in [0.1, 0.15) is 44.0 Å². The lowest BCUT2D eigenvalue weighted by atomic mass is 10.0. The molecule has 1 aliphatic rings. The van der Waals surface area contributed by atoms with Crippen molar-refractivity contribution < 1.29 is 4.79 Å². The number of nitrogen functional groups attached to an aromatic ring is 1. The topological polar surface area (TPSA) is 84.1 Å². The van der Waals surface area contributed by atoms with Gasteiger partial charge in [0, 0.05) is 41.8 Å². The van der Waals surface area contributed by atoms with Gasteiger partial charge in [0.15, 0.2) is 0 Å². The Morgan fingerprint density at radius 3 is 2.87 bits per heavy atom. The molecular weight excluding hydrogens is 410 g/mol. The van der Waals surface area contributed by atoms with Crippen LogP contribution in [0.2, 0.25) is 5.02 Å². The van der Waals surface area contributed by atoms with E-state index in [4.69, 9.17) is 17.3 Å². The van der Waals surface area contributed by atoms with E-state index >= 15 is 0 Å². The summed E-state index contributed by atoms with van der Waals surface area (Å²) in [5.41, 5.74) is 12.4. The van der Waals surface area contributed by atoms with E-state index < -0.39 is 0 Å². The van der Waals surface area contributed by atoms with E-state index in [0.29, 0.717) is 24.5 Å². The highest BCUT2D eigenvalue weighted by molar-refractivity contribution is 6.30. The van der Waals surface area contributed by atoms with Gasteiger partial charge in [0.25, 0.3) is 5.91 Å². The summed E-state index contributed by atoms with van der Waals surface area (Å²) < 4.78 is 0. The van der Waals surface area contributed by atoms with E-state index in [9.17, 15) is 4.79 Å². The molecule has 0 aliphatic carbocycles. The average molecular weight is 434 g/mol. The van der Waals surface area contributed by atoms with Crippen molar-refractivity contribution in [2.24, 2.45) is 0 Å². The molecule has 0 saturated heterocycles. The van der Waals surface area contributed by atoms with E-state index in [1.807, 2.05) is 56.5 Å². The second-order valence-corrected chi connectivity index (χ2v) is 8.15. The van der Waals surface area contributed by atoms with Crippen LogP contribution in [0.3, 0.4) is 0 Å². The maximum Gasteiger partial charge on any atom is 0.251 e. The molecule has 0 unspecified atom stereocenters. The lowest BCUT2D eigenvalue weighted by Crippen LogP contribution is -2.25. The fraction of sp³-hybridized carbons (Fsp3) is 0.208. The summed E-state index contributed by atoms with van der Waals surface area (Å²) in [4.78, 5) is 23.6. The number of benzene rings is 1. The second-order valence-electron chi connectivity index (χ2n) is 7.71. The van der Waals surface area contributed by atoms with Gasteiger partial charge in [-0.05, 0) is 72.5 Å². The van der Waals surface area contributed by atoms with Crippen LogP contribution in [0, 0.1) is 13.8 Å². The summed E-state index contributed by atoms with van der Waals surface area (Å²) in [5.74, 6) is 0.342. The minimum atomic E-state index is -0.145.